The first kappa shape index (κ1) is 11.8. The highest BCUT2D eigenvalue weighted by Crippen LogP contribution is 2.30. The van der Waals surface area contributed by atoms with Crippen LogP contribution in [0.3, 0.4) is 0 Å². The van der Waals surface area contributed by atoms with E-state index < -0.39 is 0 Å². The number of likely N-dealkylation sites (tertiary alicyclic amines) is 1. The van der Waals surface area contributed by atoms with E-state index in [4.69, 9.17) is 0 Å². The molecule has 1 aliphatic heterocycles. The van der Waals surface area contributed by atoms with E-state index in [0.717, 1.165) is 25.7 Å². The maximum atomic E-state index is 11.8. The fourth-order valence-electron chi connectivity index (χ4n) is 3.05. The molecule has 2 saturated carbocycles. The molecule has 2 N–H and O–H groups in total. The van der Waals surface area contributed by atoms with E-state index in [-0.39, 0.29) is 18.0 Å². The number of carbonyl (C=O) groups excluding carboxylic acids is 2. The number of rotatable bonds is 3. The first-order valence-corrected chi connectivity index (χ1v) is 7.09. The Bertz CT molecular complexity index is 348. The summed E-state index contributed by atoms with van der Waals surface area (Å²) in [5, 5.41) is 5.94. The van der Waals surface area contributed by atoms with Crippen LogP contribution in [0.2, 0.25) is 0 Å². The molecule has 0 aromatic carbocycles. The number of nitrogens with one attached hydrogen (secondary N) is 2. The highest BCUT2D eigenvalue weighted by Gasteiger charge is 2.39. The van der Waals surface area contributed by atoms with E-state index in [1.807, 2.05) is 4.90 Å². The van der Waals surface area contributed by atoms with E-state index in [1.54, 1.807) is 0 Å². The molecule has 0 aromatic rings. The van der Waals surface area contributed by atoms with Crippen molar-refractivity contribution in [2.45, 2.75) is 63.1 Å². The first-order valence-electron chi connectivity index (χ1n) is 7.09. The minimum atomic E-state index is -0.0997. The second-order valence-corrected chi connectivity index (χ2v) is 5.78. The summed E-state index contributed by atoms with van der Waals surface area (Å²) >= 11 is 0. The third kappa shape index (κ3) is 2.60. The van der Waals surface area contributed by atoms with Crippen LogP contribution < -0.4 is 10.6 Å². The van der Waals surface area contributed by atoms with Crippen molar-refractivity contribution < 1.29 is 9.59 Å². The molecule has 2 aliphatic carbocycles. The standard InChI is InChI=1S/C13H21N3O2/c17-12-7-10(8-16(12)11-5-6-11)15-13(18)14-9-3-1-2-4-9/h9-11H,1-8H2,(H2,14,15,18). The SMILES string of the molecule is O=C(NC1CCCC1)NC1CC(=O)N(C2CC2)C1. The molecule has 1 saturated heterocycles. The van der Waals surface area contributed by atoms with Gasteiger partial charge in [-0.2, -0.15) is 0 Å². The summed E-state index contributed by atoms with van der Waals surface area (Å²) in [5.74, 6) is 0.198. The van der Waals surface area contributed by atoms with Crippen LogP contribution in [0, 0.1) is 0 Å². The summed E-state index contributed by atoms with van der Waals surface area (Å²) in [4.78, 5) is 25.5. The predicted octanol–water partition coefficient (Wildman–Crippen LogP) is 0.991. The minimum Gasteiger partial charge on any atom is -0.338 e. The molecule has 3 aliphatic rings. The molecule has 5 nitrogen and oxygen atoms in total. The highest BCUT2D eigenvalue weighted by atomic mass is 16.2. The maximum absolute atomic E-state index is 11.8. The van der Waals surface area contributed by atoms with Crippen LogP contribution >= 0.6 is 0 Å². The van der Waals surface area contributed by atoms with Crippen molar-refractivity contribution in [3.8, 4) is 0 Å². The van der Waals surface area contributed by atoms with Gasteiger partial charge in [0.05, 0.1) is 6.04 Å². The topological polar surface area (TPSA) is 61.4 Å². The average Bonchev–Trinajstić information content (AvgIpc) is 2.92. The van der Waals surface area contributed by atoms with Crippen molar-refractivity contribution >= 4 is 11.9 Å². The Hall–Kier alpha value is -1.26. The van der Waals surface area contributed by atoms with E-state index in [1.165, 1.54) is 12.8 Å². The molecule has 5 heteroatoms. The molecule has 1 atom stereocenters. The molecular formula is C13H21N3O2. The smallest absolute Gasteiger partial charge is 0.315 e. The van der Waals surface area contributed by atoms with Crippen molar-refractivity contribution in [1.82, 2.24) is 15.5 Å². The lowest BCUT2D eigenvalue weighted by atomic mass is 10.2. The second kappa shape index (κ2) is 4.78. The lowest BCUT2D eigenvalue weighted by Gasteiger charge is -2.18. The van der Waals surface area contributed by atoms with Gasteiger partial charge in [0.25, 0.3) is 0 Å². The first-order chi connectivity index (χ1) is 8.72. The van der Waals surface area contributed by atoms with Gasteiger partial charge in [-0.05, 0) is 25.7 Å². The average molecular weight is 251 g/mol. The third-order valence-corrected chi connectivity index (χ3v) is 4.17. The zero-order chi connectivity index (χ0) is 12.5. The van der Waals surface area contributed by atoms with E-state index in [9.17, 15) is 9.59 Å². The van der Waals surface area contributed by atoms with Crippen molar-refractivity contribution in [2.75, 3.05) is 6.54 Å². The fourth-order valence-corrected chi connectivity index (χ4v) is 3.05. The van der Waals surface area contributed by atoms with Gasteiger partial charge in [-0.3, -0.25) is 4.79 Å². The lowest BCUT2D eigenvalue weighted by Crippen LogP contribution is -2.46. The van der Waals surface area contributed by atoms with Crippen LogP contribution in [-0.2, 0) is 4.79 Å². The molecule has 100 valence electrons. The molecule has 1 unspecified atom stereocenters. The summed E-state index contributed by atoms with van der Waals surface area (Å²) in [5.41, 5.74) is 0. The van der Waals surface area contributed by atoms with Gasteiger partial charge in [0.15, 0.2) is 0 Å². The summed E-state index contributed by atoms with van der Waals surface area (Å²) in [7, 11) is 0. The third-order valence-electron chi connectivity index (χ3n) is 4.17. The number of nitrogens with zero attached hydrogens (tertiary/aromatic N) is 1. The van der Waals surface area contributed by atoms with Gasteiger partial charge in [0.2, 0.25) is 5.91 Å². The highest BCUT2D eigenvalue weighted by molar-refractivity contribution is 5.82. The maximum Gasteiger partial charge on any atom is 0.315 e. The molecule has 18 heavy (non-hydrogen) atoms. The van der Waals surface area contributed by atoms with Crippen molar-refractivity contribution in [3.63, 3.8) is 0 Å². The summed E-state index contributed by atoms with van der Waals surface area (Å²) in [6.07, 6.45) is 7.33. The van der Waals surface area contributed by atoms with E-state index in [0.29, 0.717) is 25.0 Å². The summed E-state index contributed by atoms with van der Waals surface area (Å²) in [6, 6.07) is 0.695. The number of urea groups is 1. The molecule has 3 fully saturated rings. The summed E-state index contributed by atoms with van der Waals surface area (Å²) in [6.45, 7) is 0.696. The van der Waals surface area contributed by atoms with Gasteiger partial charge in [-0.1, -0.05) is 12.8 Å². The Morgan fingerprint density at radius 3 is 2.39 bits per heavy atom. The van der Waals surface area contributed by atoms with Crippen LogP contribution in [-0.4, -0.2) is 41.5 Å². The zero-order valence-electron chi connectivity index (χ0n) is 10.7. The van der Waals surface area contributed by atoms with Crippen LogP contribution in [0.15, 0.2) is 0 Å². The quantitative estimate of drug-likeness (QED) is 0.786. The fraction of sp³-hybridized carbons (Fsp3) is 0.846. The van der Waals surface area contributed by atoms with Crippen molar-refractivity contribution in [1.29, 1.82) is 0 Å². The molecular weight excluding hydrogens is 230 g/mol. The van der Waals surface area contributed by atoms with Crippen LogP contribution in [0.1, 0.15) is 44.9 Å². The minimum absolute atomic E-state index is 0.000460. The van der Waals surface area contributed by atoms with Gasteiger partial charge in [0, 0.05) is 25.0 Å². The van der Waals surface area contributed by atoms with Crippen LogP contribution in [0.25, 0.3) is 0 Å². The second-order valence-electron chi connectivity index (χ2n) is 5.78. The largest absolute Gasteiger partial charge is 0.338 e. The molecule has 0 bridgehead atoms. The molecule has 3 amide bonds. The number of hydrogen-bond donors (Lipinski definition) is 2. The number of amides is 3. The Kier molecular flexibility index (Phi) is 3.14. The van der Waals surface area contributed by atoms with Gasteiger partial charge < -0.3 is 15.5 Å². The van der Waals surface area contributed by atoms with Gasteiger partial charge in [0.1, 0.15) is 0 Å². The Labute approximate surface area is 107 Å². The predicted molar refractivity (Wildman–Crippen MR) is 67.1 cm³/mol. The molecule has 0 radical (unpaired) electrons. The lowest BCUT2D eigenvalue weighted by molar-refractivity contribution is -0.128. The van der Waals surface area contributed by atoms with Gasteiger partial charge in [-0.15, -0.1) is 0 Å². The normalized spacial score (nSPS) is 28.8. The molecule has 3 rings (SSSR count). The summed E-state index contributed by atoms with van der Waals surface area (Å²) < 4.78 is 0. The van der Waals surface area contributed by atoms with Crippen LogP contribution in [0.5, 0.6) is 0 Å². The van der Waals surface area contributed by atoms with E-state index >= 15 is 0 Å². The Morgan fingerprint density at radius 1 is 1.06 bits per heavy atom. The number of carbonyl (C=O) groups is 2. The van der Waals surface area contributed by atoms with Gasteiger partial charge >= 0.3 is 6.03 Å². The monoisotopic (exact) mass is 251 g/mol. The Balaban J connectivity index is 1.45. The van der Waals surface area contributed by atoms with Gasteiger partial charge in [-0.25, -0.2) is 4.79 Å². The van der Waals surface area contributed by atoms with E-state index in [2.05, 4.69) is 10.6 Å². The van der Waals surface area contributed by atoms with Crippen molar-refractivity contribution in [2.24, 2.45) is 0 Å². The number of hydrogen-bond acceptors (Lipinski definition) is 2. The Morgan fingerprint density at radius 2 is 1.72 bits per heavy atom. The van der Waals surface area contributed by atoms with Crippen LogP contribution in [0.4, 0.5) is 4.79 Å². The zero-order valence-corrected chi connectivity index (χ0v) is 10.7. The molecule has 0 aromatic heterocycles. The van der Waals surface area contributed by atoms with Crippen molar-refractivity contribution in [3.05, 3.63) is 0 Å². The molecule has 1 heterocycles. The molecule has 0 spiro atoms.